The molecule has 4 aliphatic heterocycles. The first kappa shape index (κ1) is 29.1. The van der Waals surface area contributed by atoms with Gasteiger partial charge in [-0.15, -0.1) is 0 Å². The summed E-state index contributed by atoms with van der Waals surface area (Å²) in [5, 5.41) is 3.88. The first-order valence-corrected chi connectivity index (χ1v) is 16.1. The number of fused-ring (bicyclic) bond motifs is 5. The summed E-state index contributed by atoms with van der Waals surface area (Å²) in [6.45, 7) is 4.11. The summed E-state index contributed by atoms with van der Waals surface area (Å²) in [5.74, 6) is -0.224. The lowest BCUT2D eigenvalue weighted by Gasteiger charge is -2.35. The van der Waals surface area contributed by atoms with Gasteiger partial charge in [-0.3, -0.25) is 4.90 Å². The first-order chi connectivity index (χ1) is 21.5. The molecule has 4 aromatic rings. The van der Waals surface area contributed by atoms with Gasteiger partial charge < -0.3 is 20.7 Å². The maximum atomic E-state index is 14.9. The lowest BCUT2D eigenvalue weighted by molar-refractivity contribution is -0.137. The van der Waals surface area contributed by atoms with E-state index in [-0.39, 0.29) is 62.1 Å². The molecule has 14 heteroatoms. The van der Waals surface area contributed by atoms with Crippen molar-refractivity contribution in [2.75, 3.05) is 43.4 Å². The van der Waals surface area contributed by atoms with Crippen molar-refractivity contribution in [2.24, 2.45) is 0 Å². The van der Waals surface area contributed by atoms with Gasteiger partial charge in [0.1, 0.15) is 24.4 Å². The molecule has 4 atom stereocenters. The summed E-state index contributed by atoms with van der Waals surface area (Å²) in [7, 11) is 0. The lowest BCUT2D eigenvalue weighted by Crippen LogP contribution is -2.51. The van der Waals surface area contributed by atoms with Crippen molar-refractivity contribution >= 4 is 43.4 Å². The Morgan fingerprint density at radius 3 is 2.64 bits per heavy atom. The molecule has 0 saturated carbocycles. The third-order valence-corrected chi connectivity index (χ3v) is 10.9. The van der Waals surface area contributed by atoms with Crippen LogP contribution in [0.4, 0.5) is 32.9 Å². The molecule has 0 amide bonds. The molecule has 0 radical (unpaired) electrons. The Morgan fingerprint density at radius 2 is 1.89 bits per heavy atom. The summed E-state index contributed by atoms with van der Waals surface area (Å²) < 4.78 is 80.3. The molecule has 4 fully saturated rings. The van der Waals surface area contributed by atoms with E-state index in [0.717, 1.165) is 55.7 Å². The maximum Gasteiger partial charge on any atom is 0.417 e. The Bertz CT molecular complexity index is 1820. The van der Waals surface area contributed by atoms with E-state index < -0.39 is 29.3 Å². The van der Waals surface area contributed by atoms with E-state index in [1.165, 1.54) is 6.07 Å². The molecule has 4 saturated heterocycles. The maximum absolute atomic E-state index is 14.9. The lowest BCUT2D eigenvalue weighted by atomic mass is 9.91. The van der Waals surface area contributed by atoms with Gasteiger partial charge in [-0.05, 0) is 62.9 Å². The molecule has 8 rings (SSSR count). The molecule has 0 spiro atoms. The molecular weight excluding hydrogens is 613 g/mol. The molecule has 2 bridgehead atoms. The van der Waals surface area contributed by atoms with Gasteiger partial charge in [0, 0.05) is 54.7 Å². The van der Waals surface area contributed by atoms with Crippen molar-refractivity contribution in [3.05, 3.63) is 35.1 Å². The normalized spacial score (nSPS) is 26.8. The molecular formula is C31H32F5N7OS. The van der Waals surface area contributed by atoms with E-state index in [4.69, 9.17) is 20.4 Å². The van der Waals surface area contributed by atoms with Crippen LogP contribution in [0.25, 0.3) is 32.2 Å². The Kier molecular flexibility index (Phi) is 6.67. The largest absolute Gasteiger partial charge is 0.461 e. The number of ether oxygens (including phenoxy) is 1. The molecule has 2 unspecified atom stereocenters. The molecule has 0 aliphatic carbocycles. The first-order valence-electron chi connectivity index (χ1n) is 15.3. The van der Waals surface area contributed by atoms with E-state index in [1.807, 2.05) is 4.90 Å². The second kappa shape index (κ2) is 10.3. The van der Waals surface area contributed by atoms with Crippen LogP contribution in [0.15, 0.2) is 18.2 Å². The minimum atomic E-state index is -4.75. The van der Waals surface area contributed by atoms with Crippen molar-refractivity contribution in [3.8, 4) is 17.1 Å². The van der Waals surface area contributed by atoms with Gasteiger partial charge in [0.2, 0.25) is 0 Å². The number of rotatable bonds is 5. The molecule has 8 nitrogen and oxygen atoms in total. The summed E-state index contributed by atoms with van der Waals surface area (Å²) in [5.41, 5.74) is 5.15. The van der Waals surface area contributed by atoms with Gasteiger partial charge in [-0.1, -0.05) is 11.3 Å². The van der Waals surface area contributed by atoms with Crippen molar-refractivity contribution in [3.63, 3.8) is 0 Å². The van der Waals surface area contributed by atoms with Crippen molar-refractivity contribution in [1.29, 1.82) is 0 Å². The molecule has 45 heavy (non-hydrogen) atoms. The number of aryl methyl sites for hydroxylation is 1. The Hall–Kier alpha value is -3.36. The van der Waals surface area contributed by atoms with Gasteiger partial charge >= 0.3 is 12.2 Å². The summed E-state index contributed by atoms with van der Waals surface area (Å²) in [6, 6.07) is 4.01. The number of piperazine rings is 1. The summed E-state index contributed by atoms with van der Waals surface area (Å²) >= 11 is 0.888. The van der Waals surface area contributed by atoms with E-state index in [1.54, 1.807) is 6.92 Å². The number of anilines is 2. The van der Waals surface area contributed by atoms with Crippen LogP contribution in [-0.4, -0.2) is 76.4 Å². The number of halogens is 5. The highest BCUT2D eigenvalue weighted by molar-refractivity contribution is 7.22. The van der Waals surface area contributed by atoms with Gasteiger partial charge in [0.15, 0.2) is 5.13 Å². The third kappa shape index (κ3) is 4.78. The van der Waals surface area contributed by atoms with Crippen LogP contribution in [0.2, 0.25) is 0 Å². The highest BCUT2D eigenvalue weighted by Gasteiger charge is 2.49. The summed E-state index contributed by atoms with van der Waals surface area (Å²) in [4.78, 5) is 17.8. The van der Waals surface area contributed by atoms with E-state index in [9.17, 15) is 22.0 Å². The number of hydrogen-bond donors (Lipinski definition) is 2. The molecule has 4 aliphatic rings. The molecule has 2 aromatic carbocycles. The van der Waals surface area contributed by atoms with Crippen LogP contribution in [0.5, 0.6) is 6.01 Å². The van der Waals surface area contributed by atoms with Crippen molar-refractivity contribution < 1.29 is 26.7 Å². The molecule has 2 aromatic heterocycles. The average molecular weight is 646 g/mol. The number of nitrogens with zero attached hydrogens (tertiary/aromatic N) is 5. The average Bonchev–Trinajstić information content (AvgIpc) is 3.73. The zero-order valence-electron chi connectivity index (χ0n) is 24.6. The Morgan fingerprint density at radius 1 is 1.11 bits per heavy atom. The van der Waals surface area contributed by atoms with Crippen LogP contribution in [0, 0.1) is 12.7 Å². The minimum Gasteiger partial charge on any atom is -0.461 e. The van der Waals surface area contributed by atoms with Crippen LogP contribution < -0.4 is 20.7 Å². The monoisotopic (exact) mass is 645 g/mol. The highest BCUT2D eigenvalue weighted by atomic mass is 32.1. The Labute approximate surface area is 259 Å². The van der Waals surface area contributed by atoms with Gasteiger partial charge in [0.05, 0.1) is 26.8 Å². The van der Waals surface area contributed by atoms with E-state index >= 15 is 0 Å². The van der Waals surface area contributed by atoms with Crippen molar-refractivity contribution in [1.82, 2.24) is 25.2 Å². The standard InChI is InChI=1S/C31H32F5N7OS/c1-15-23(19-5-6-22(33)26-25(19)39-28(37)45-26)21(31(34,35)36)9-20-24(15)40-29(41-27(20)42-12-17-3-4-18(13-42)38-17)44-14-30-7-2-8-43(30)11-16(32)10-30/h5-6,9,16-18,38H,2-4,7-8,10-14H2,1H3,(H2,37,39)/t16-,17?,18?,30+/m1/s1. The van der Waals surface area contributed by atoms with E-state index in [2.05, 4.69) is 15.2 Å². The predicted molar refractivity (Wildman–Crippen MR) is 163 cm³/mol. The number of nitrogens with two attached hydrogens (primary N) is 1. The molecule has 6 heterocycles. The fourth-order valence-electron chi connectivity index (χ4n) is 8.08. The number of benzene rings is 2. The topological polar surface area (TPSA) is 92.4 Å². The second-order valence-corrected chi connectivity index (χ2v) is 13.9. The van der Waals surface area contributed by atoms with Crippen LogP contribution in [0.1, 0.15) is 43.2 Å². The van der Waals surface area contributed by atoms with Gasteiger partial charge in [0.25, 0.3) is 0 Å². The smallest absolute Gasteiger partial charge is 0.417 e. The predicted octanol–water partition coefficient (Wildman–Crippen LogP) is 5.85. The fourth-order valence-corrected chi connectivity index (χ4v) is 8.84. The van der Waals surface area contributed by atoms with Crippen LogP contribution >= 0.6 is 11.3 Å². The number of alkyl halides is 4. The Balaban J connectivity index is 1.32. The minimum absolute atomic E-state index is 0.0443. The number of nitrogens with one attached hydrogen (secondary N) is 1. The molecule has 3 N–H and O–H groups in total. The summed E-state index contributed by atoms with van der Waals surface area (Å²) in [6.07, 6.45) is -1.62. The van der Waals surface area contributed by atoms with Crippen LogP contribution in [-0.2, 0) is 6.18 Å². The number of thiazole rings is 1. The third-order valence-electron chi connectivity index (χ3n) is 10.0. The number of nitrogen functional groups attached to an aromatic ring is 1. The number of aromatic nitrogens is 3. The quantitative estimate of drug-likeness (QED) is 0.261. The number of hydrogen-bond acceptors (Lipinski definition) is 9. The highest BCUT2D eigenvalue weighted by Crippen LogP contribution is 2.47. The van der Waals surface area contributed by atoms with Crippen LogP contribution in [0.3, 0.4) is 0 Å². The van der Waals surface area contributed by atoms with E-state index in [0.29, 0.717) is 37.4 Å². The SMILES string of the molecule is Cc1c(-c2ccc(F)c3sc(N)nc23)c(C(F)(F)F)cc2c(N3CC4CCC(C3)N4)nc(OC[C@@]34CCCN3C[C@H](F)C4)nc12. The zero-order valence-corrected chi connectivity index (χ0v) is 25.4. The van der Waals surface area contributed by atoms with Gasteiger partial charge in [-0.25, -0.2) is 13.8 Å². The van der Waals surface area contributed by atoms with Crippen molar-refractivity contribution in [2.45, 2.75) is 69.0 Å². The fraction of sp³-hybridized carbons (Fsp3) is 0.516. The second-order valence-electron chi connectivity index (χ2n) is 12.9. The molecule has 238 valence electrons. The zero-order chi connectivity index (χ0) is 31.2. The van der Waals surface area contributed by atoms with Gasteiger partial charge in [-0.2, -0.15) is 23.1 Å².